The molecule has 17 heavy (non-hydrogen) atoms. The molecule has 0 radical (unpaired) electrons. The molecule has 0 spiro atoms. The summed E-state index contributed by atoms with van der Waals surface area (Å²) in [4.78, 5) is 5.00. The van der Waals surface area contributed by atoms with E-state index in [9.17, 15) is 0 Å². The summed E-state index contributed by atoms with van der Waals surface area (Å²) < 4.78 is 0. The average Bonchev–Trinajstić information content (AvgIpc) is 2.32. The van der Waals surface area contributed by atoms with Gasteiger partial charge >= 0.3 is 0 Å². The normalized spacial score (nSPS) is 19.1. The van der Waals surface area contributed by atoms with Gasteiger partial charge in [0.2, 0.25) is 0 Å². The minimum absolute atomic E-state index is 0.748. The van der Waals surface area contributed by atoms with E-state index in [-0.39, 0.29) is 0 Å². The van der Waals surface area contributed by atoms with Crippen molar-refractivity contribution < 1.29 is 0 Å². The third-order valence-corrected chi connectivity index (χ3v) is 3.73. The summed E-state index contributed by atoms with van der Waals surface area (Å²) in [6, 6.07) is 0.748. The molecule has 1 saturated heterocycles. The largest absolute Gasteiger partial charge is 0.313 e. The molecule has 0 saturated carbocycles. The van der Waals surface area contributed by atoms with Crippen molar-refractivity contribution in [3.63, 3.8) is 0 Å². The van der Waals surface area contributed by atoms with Gasteiger partial charge in [-0.25, -0.2) is 0 Å². The topological polar surface area (TPSA) is 18.5 Å². The van der Waals surface area contributed by atoms with Gasteiger partial charge < -0.3 is 10.2 Å². The minimum atomic E-state index is 0.748. The fourth-order valence-electron chi connectivity index (χ4n) is 2.54. The van der Waals surface area contributed by atoms with E-state index in [2.05, 4.69) is 36.0 Å². The van der Waals surface area contributed by atoms with E-state index in [1.54, 1.807) is 0 Å². The average molecular weight is 241 g/mol. The van der Waals surface area contributed by atoms with Gasteiger partial charge in [0.1, 0.15) is 0 Å². The van der Waals surface area contributed by atoms with Crippen LogP contribution >= 0.6 is 0 Å². The second kappa shape index (κ2) is 8.90. The van der Waals surface area contributed by atoms with E-state index in [1.165, 1.54) is 58.4 Å². The van der Waals surface area contributed by atoms with Crippen molar-refractivity contribution in [2.24, 2.45) is 0 Å². The van der Waals surface area contributed by atoms with Gasteiger partial charge in [-0.05, 0) is 19.9 Å². The van der Waals surface area contributed by atoms with Crippen LogP contribution in [0.15, 0.2) is 0 Å². The van der Waals surface area contributed by atoms with Gasteiger partial charge in [0.05, 0.1) is 0 Å². The van der Waals surface area contributed by atoms with Crippen LogP contribution in [0.2, 0.25) is 0 Å². The van der Waals surface area contributed by atoms with Crippen molar-refractivity contribution in [2.75, 3.05) is 46.3 Å². The van der Waals surface area contributed by atoms with Gasteiger partial charge in [0.25, 0.3) is 0 Å². The quantitative estimate of drug-likeness (QED) is 0.699. The lowest BCUT2D eigenvalue weighted by molar-refractivity contribution is 0.153. The van der Waals surface area contributed by atoms with Gasteiger partial charge in [0.15, 0.2) is 0 Å². The Labute approximate surface area is 108 Å². The molecule has 1 aliphatic heterocycles. The second-order valence-electron chi connectivity index (χ2n) is 5.37. The van der Waals surface area contributed by atoms with Crippen LogP contribution in [-0.2, 0) is 0 Å². The van der Waals surface area contributed by atoms with Gasteiger partial charge in [-0.15, -0.1) is 0 Å². The van der Waals surface area contributed by atoms with Crippen LogP contribution in [0, 0.1) is 0 Å². The van der Waals surface area contributed by atoms with Crippen LogP contribution in [0.1, 0.15) is 39.5 Å². The molecule has 1 heterocycles. The van der Waals surface area contributed by atoms with Crippen molar-refractivity contribution in [3.8, 4) is 0 Å². The summed E-state index contributed by atoms with van der Waals surface area (Å²) in [5.41, 5.74) is 0. The predicted octanol–water partition coefficient (Wildman–Crippen LogP) is 1.79. The Morgan fingerprint density at radius 1 is 1.00 bits per heavy atom. The molecule has 1 aliphatic rings. The highest BCUT2D eigenvalue weighted by Gasteiger charge is 2.13. The Morgan fingerprint density at radius 3 is 2.12 bits per heavy atom. The Bertz CT molecular complexity index is 170. The lowest BCUT2D eigenvalue weighted by Crippen LogP contribution is -2.47. The third kappa shape index (κ3) is 6.39. The molecule has 0 aromatic heterocycles. The SMILES string of the molecule is CCCC(CCC)NCCN1CCN(C)CC1. The molecule has 0 aromatic carbocycles. The predicted molar refractivity (Wildman–Crippen MR) is 75.5 cm³/mol. The molecule has 0 atom stereocenters. The molecule has 0 amide bonds. The number of nitrogens with zero attached hydrogens (tertiary/aromatic N) is 2. The fourth-order valence-corrected chi connectivity index (χ4v) is 2.54. The summed E-state index contributed by atoms with van der Waals surface area (Å²) in [6.45, 7) is 11.9. The van der Waals surface area contributed by atoms with Crippen LogP contribution in [0.25, 0.3) is 0 Å². The van der Waals surface area contributed by atoms with Crippen LogP contribution in [0.4, 0.5) is 0 Å². The fraction of sp³-hybridized carbons (Fsp3) is 1.00. The zero-order chi connectivity index (χ0) is 12.5. The lowest BCUT2D eigenvalue weighted by atomic mass is 10.1. The van der Waals surface area contributed by atoms with Crippen molar-refractivity contribution in [3.05, 3.63) is 0 Å². The van der Waals surface area contributed by atoms with Crippen molar-refractivity contribution in [2.45, 2.75) is 45.6 Å². The number of rotatable bonds is 8. The summed E-state index contributed by atoms with van der Waals surface area (Å²) >= 11 is 0. The molecule has 1 N–H and O–H groups in total. The number of nitrogens with one attached hydrogen (secondary N) is 1. The summed E-state index contributed by atoms with van der Waals surface area (Å²) in [5.74, 6) is 0. The molecule has 1 rings (SSSR count). The van der Waals surface area contributed by atoms with Gasteiger partial charge in [-0.2, -0.15) is 0 Å². The first-order valence-electron chi connectivity index (χ1n) is 7.40. The van der Waals surface area contributed by atoms with E-state index < -0.39 is 0 Å². The van der Waals surface area contributed by atoms with Crippen LogP contribution in [-0.4, -0.2) is 62.2 Å². The van der Waals surface area contributed by atoms with Crippen LogP contribution < -0.4 is 5.32 Å². The molecule has 0 unspecified atom stereocenters. The first-order chi connectivity index (χ1) is 8.26. The summed E-state index contributed by atoms with van der Waals surface area (Å²) in [7, 11) is 2.22. The van der Waals surface area contributed by atoms with E-state index in [0.717, 1.165) is 12.6 Å². The maximum atomic E-state index is 3.72. The molecular weight excluding hydrogens is 210 g/mol. The highest BCUT2D eigenvalue weighted by atomic mass is 15.2. The smallest absolute Gasteiger partial charge is 0.0110 e. The van der Waals surface area contributed by atoms with Crippen LogP contribution in [0.3, 0.4) is 0 Å². The third-order valence-electron chi connectivity index (χ3n) is 3.73. The Kier molecular flexibility index (Phi) is 7.82. The second-order valence-corrected chi connectivity index (χ2v) is 5.37. The van der Waals surface area contributed by atoms with Crippen molar-refractivity contribution in [1.82, 2.24) is 15.1 Å². The number of hydrogen-bond donors (Lipinski definition) is 1. The number of hydrogen-bond acceptors (Lipinski definition) is 3. The highest BCUT2D eigenvalue weighted by Crippen LogP contribution is 2.04. The monoisotopic (exact) mass is 241 g/mol. The first-order valence-corrected chi connectivity index (χ1v) is 7.40. The van der Waals surface area contributed by atoms with Gasteiger partial charge in [-0.3, -0.25) is 4.90 Å². The van der Waals surface area contributed by atoms with Crippen LogP contribution in [0.5, 0.6) is 0 Å². The maximum Gasteiger partial charge on any atom is 0.0110 e. The van der Waals surface area contributed by atoms with E-state index in [0.29, 0.717) is 0 Å². The van der Waals surface area contributed by atoms with E-state index in [4.69, 9.17) is 0 Å². The standard InChI is InChI=1S/C14H31N3/c1-4-6-14(7-5-2)15-8-9-17-12-10-16(3)11-13-17/h14-15H,4-13H2,1-3H3. The van der Waals surface area contributed by atoms with E-state index in [1.807, 2.05) is 0 Å². The molecule has 0 bridgehead atoms. The maximum absolute atomic E-state index is 3.72. The van der Waals surface area contributed by atoms with Gasteiger partial charge in [-0.1, -0.05) is 26.7 Å². The molecule has 1 fully saturated rings. The Morgan fingerprint density at radius 2 is 1.59 bits per heavy atom. The lowest BCUT2D eigenvalue weighted by Gasteiger charge is -2.32. The minimum Gasteiger partial charge on any atom is -0.313 e. The molecule has 102 valence electrons. The first kappa shape index (κ1) is 14.9. The summed E-state index contributed by atoms with van der Waals surface area (Å²) in [6.07, 6.45) is 5.26. The summed E-state index contributed by atoms with van der Waals surface area (Å²) in [5, 5.41) is 3.72. The van der Waals surface area contributed by atoms with Gasteiger partial charge in [0, 0.05) is 45.3 Å². The zero-order valence-electron chi connectivity index (χ0n) is 12.0. The van der Waals surface area contributed by atoms with E-state index >= 15 is 0 Å². The van der Waals surface area contributed by atoms with Crippen molar-refractivity contribution in [1.29, 1.82) is 0 Å². The Hall–Kier alpha value is -0.120. The van der Waals surface area contributed by atoms with Crippen molar-refractivity contribution >= 4 is 0 Å². The highest BCUT2D eigenvalue weighted by molar-refractivity contribution is 4.72. The number of likely N-dealkylation sites (N-methyl/N-ethyl adjacent to an activating group) is 1. The molecule has 0 aromatic rings. The molecule has 3 nitrogen and oxygen atoms in total. The molecule has 0 aliphatic carbocycles. The molecule has 3 heteroatoms. The Balaban J connectivity index is 2.08. The zero-order valence-corrected chi connectivity index (χ0v) is 12.0. The number of piperazine rings is 1. The molecular formula is C14H31N3.